The summed E-state index contributed by atoms with van der Waals surface area (Å²) in [6, 6.07) is 12.0. The second-order valence-corrected chi connectivity index (χ2v) is 13.0. The van der Waals surface area contributed by atoms with Crippen molar-refractivity contribution in [3.63, 3.8) is 0 Å². The van der Waals surface area contributed by atoms with Gasteiger partial charge in [0.1, 0.15) is 5.75 Å². The highest BCUT2D eigenvalue weighted by Crippen LogP contribution is 2.42. The van der Waals surface area contributed by atoms with Gasteiger partial charge in [-0.2, -0.15) is 4.31 Å². The minimum absolute atomic E-state index is 0.126. The predicted octanol–water partition coefficient (Wildman–Crippen LogP) is 3.61. The molecule has 0 aromatic heterocycles. The van der Waals surface area contributed by atoms with E-state index in [0.29, 0.717) is 38.0 Å². The number of amides is 2. The van der Waals surface area contributed by atoms with Gasteiger partial charge in [0, 0.05) is 35.6 Å². The van der Waals surface area contributed by atoms with Gasteiger partial charge >= 0.3 is 0 Å². The molecule has 38 heavy (non-hydrogen) atoms. The Balaban J connectivity index is 1.44. The summed E-state index contributed by atoms with van der Waals surface area (Å²) in [5.74, 6) is 0.393. The van der Waals surface area contributed by atoms with Crippen LogP contribution in [-0.4, -0.2) is 54.8 Å². The number of carbonyl (C=O) groups excluding carboxylic acids is 2. The van der Waals surface area contributed by atoms with Crippen LogP contribution in [-0.2, 0) is 27.7 Å². The van der Waals surface area contributed by atoms with Crippen LogP contribution in [0.25, 0.3) is 0 Å². The number of carbonyl (C=O) groups is 2. The van der Waals surface area contributed by atoms with E-state index >= 15 is 0 Å². The highest BCUT2D eigenvalue weighted by molar-refractivity contribution is 7.89. The summed E-state index contributed by atoms with van der Waals surface area (Å²) in [5.41, 5.74) is 1.15. The van der Waals surface area contributed by atoms with E-state index in [2.05, 4.69) is 23.3 Å². The lowest BCUT2D eigenvalue weighted by atomic mass is 9.79. The summed E-state index contributed by atoms with van der Waals surface area (Å²) in [4.78, 5) is 24.7. The maximum atomic E-state index is 13.8. The first-order chi connectivity index (χ1) is 17.8. The number of para-hydroxylation sites is 1. The molecule has 2 heterocycles. The summed E-state index contributed by atoms with van der Waals surface area (Å²) in [7, 11) is -3.88. The first kappa shape index (κ1) is 27.9. The number of hydrogen-bond acceptors (Lipinski definition) is 5. The number of sulfonamides is 1. The average Bonchev–Trinajstić information content (AvgIpc) is 3.32. The number of benzene rings is 2. The lowest BCUT2D eigenvalue weighted by Gasteiger charge is -2.53. The molecule has 0 spiro atoms. The molecule has 204 valence electrons. The van der Waals surface area contributed by atoms with Crippen LogP contribution in [0.2, 0.25) is 0 Å². The van der Waals surface area contributed by atoms with Crippen LogP contribution < -0.4 is 15.4 Å². The van der Waals surface area contributed by atoms with Crippen molar-refractivity contribution in [2.75, 3.05) is 13.2 Å². The number of hydrogen-bond donors (Lipinski definition) is 2. The van der Waals surface area contributed by atoms with Gasteiger partial charge in [0.15, 0.2) is 0 Å². The number of ether oxygens (including phenoxy) is 1. The molecule has 0 radical (unpaired) electrons. The highest BCUT2D eigenvalue weighted by atomic mass is 32.2. The molecule has 2 aliphatic rings. The first-order valence-electron chi connectivity index (χ1n) is 13.0. The maximum absolute atomic E-state index is 13.8. The van der Waals surface area contributed by atoms with Gasteiger partial charge in [-0.1, -0.05) is 24.8 Å². The molecule has 0 unspecified atom stereocenters. The Bertz CT molecular complexity index is 1310. The first-order valence-corrected chi connectivity index (χ1v) is 14.4. The van der Waals surface area contributed by atoms with Gasteiger partial charge < -0.3 is 15.4 Å². The molecular formula is C29H37N3O5S. The molecule has 1 fully saturated rings. The van der Waals surface area contributed by atoms with Crippen LogP contribution >= 0.6 is 0 Å². The summed E-state index contributed by atoms with van der Waals surface area (Å²) < 4.78 is 34.9. The Labute approximate surface area is 225 Å². The van der Waals surface area contributed by atoms with E-state index in [9.17, 15) is 18.0 Å². The van der Waals surface area contributed by atoms with Crippen molar-refractivity contribution in [2.24, 2.45) is 0 Å². The Morgan fingerprint density at radius 3 is 2.37 bits per heavy atom. The molecule has 2 amide bonds. The zero-order valence-corrected chi connectivity index (χ0v) is 23.4. The Morgan fingerprint density at radius 1 is 1.08 bits per heavy atom. The van der Waals surface area contributed by atoms with Crippen LogP contribution in [0.4, 0.5) is 0 Å². The normalized spacial score (nSPS) is 18.7. The molecule has 0 aliphatic carbocycles. The summed E-state index contributed by atoms with van der Waals surface area (Å²) in [5, 5.41) is 5.84. The average molecular weight is 540 g/mol. The zero-order valence-electron chi connectivity index (χ0n) is 22.5. The van der Waals surface area contributed by atoms with Gasteiger partial charge in [0.25, 0.3) is 5.91 Å². The lowest BCUT2D eigenvalue weighted by Crippen LogP contribution is -2.65. The second-order valence-electron chi connectivity index (χ2n) is 11.2. The van der Waals surface area contributed by atoms with Crippen molar-refractivity contribution in [1.29, 1.82) is 0 Å². The SMILES string of the molecule is C=CC(=O)NC1CC(C)(C)N(S(=O)(=O)c2ccc(C(=O)NCCc3cccc4c3OCC4)cc2)C(C)(C)C1. The highest BCUT2D eigenvalue weighted by Gasteiger charge is 2.51. The van der Waals surface area contributed by atoms with E-state index < -0.39 is 21.1 Å². The number of nitrogens with one attached hydrogen (secondary N) is 2. The van der Waals surface area contributed by atoms with Crippen molar-refractivity contribution >= 4 is 21.8 Å². The molecule has 2 aliphatic heterocycles. The van der Waals surface area contributed by atoms with E-state index in [1.165, 1.54) is 23.8 Å². The lowest BCUT2D eigenvalue weighted by molar-refractivity contribution is -0.118. The molecule has 4 rings (SSSR count). The fourth-order valence-corrected chi connectivity index (χ4v) is 8.19. The monoisotopic (exact) mass is 539 g/mol. The van der Waals surface area contributed by atoms with Crippen LogP contribution in [0.15, 0.2) is 60.0 Å². The smallest absolute Gasteiger partial charge is 0.251 e. The Hall–Kier alpha value is -3.17. The van der Waals surface area contributed by atoms with Crippen molar-refractivity contribution in [2.45, 2.75) is 75.4 Å². The fraction of sp³-hybridized carbons (Fsp3) is 0.448. The van der Waals surface area contributed by atoms with Crippen LogP contribution in [0, 0.1) is 0 Å². The van der Waals surface area contributed by atoms with Crippen molar-refractivity contribution in [3.05, 3.63) is 71.8 Å². The number of nitrogens with zero attached hydrogens (tertiary/aromatic N) is 1. The third-order valence-corrected chi connectivity index (χ3v) is 9.59. The van der Waals surface area contributed by atoms with E-state index in [1.807, 2.05) is 39.8 Å². The third kappa shape index (κ3) is 5.63. The molecule has 1 saturated heterocycles. The predicted molar refractivity (Wildman–Crippen MR) is 147 cm³/mol. The standard InChI is InChI=1S/C29H37N3O5S/c1-6-25(33)31-23-18-28(2,3)32(29(4,5)19-23)38(35,36)24-12-10-22(11-13-24)27(34)30-16-14-20-8-7-9-21-15-17-37-26(20)21/h6-13,23H,1,14-19H2,2-5H3,(H,30,34)(H,31,33). The van der Waals surface area contributed by atoms with E-state index in [1.54, 1.807) is 16.4 Å². The second kappa shape index (κ2) is 10.5. The molecule has 0 atom stereocenters. The maximum Gasteiger partial charge on any atom is 0.251 e. The third-order valence-electron chi connectivity index (χ3n) is 7.25. The molecule has 2 aromatic rings. The zero-order chi connectivity index (χ0) is 27.7. The quantitative estimate of drug-likeness (QED) is 0.499. The van der Waals surface area contributed by atoms with Crippen LogP contribution in [0.3, 0.4) is 0 Å². The molecule has 8 nitrogen and oxygen atoms in total. The van der Waals surface area contributed by atoms with Gasteiger partial charge in [-0.05, 0) is 88.4 Å². The van der Waals surface area contributed by atoms with Gasteiger partial charge in [-0.15, -0.1) is 0 Å². The van der Waals surface area contributed by atoms with Crippen molar-refractivity contribution in [3.8, 4) is 5.75 Å². The minimum Gasteiger partial charge on any atom is -0.493 e. The summed E-state index contributed by atoms with van der Waals surface area (Å²) in [6.45, 7) is 12.1. The minimum atomic E-state index is -3.88. The largest absolute Gasteiger partial charge is 0.493 e. The number of piperidine rings is 1. The van der Waals surface area contributed by atoms with E-state index in [4.69, 9.17) is 4.74 Å². The number of rotatable bonds is 8. The van der Waals surface area contributed by atoms with Gasteiger partial charge in [-0.25, -0.2) is 8.42 Å². The topological polar surface area (TPSA) is 105 Å². The Kier molecular flexibility index (Phi) is 7.72. The Morgan fingerprint density at radius 2 is 1.74 bits per heavy atom. The van der Waals surface area contributed by atoms with Gasteiger partial charge in [0.2, 0.25) is 15.9 Å². The molecule has 9 heteroatoms. The summed E-state index contributed by atoms with van der Waals surface area (Å²) >= 11 is 0. The molecule has 2 N–H and O–H groups in total. The molecule has 0 bridgehead atoms. The molecular weight excluding hydrogens is 502 g/mol. The van der Waals surface area contributed by atoms with Crippen molar-refractivity contribution in [1.82, 2.24) is 14.9 Å². The van der Waals surface area contributed by atoms with Crippen LogP contribution in [0.1, 0.15) is 62.0 Å². The van der Waals surface area contributed by atoms with E-state index in [0.717, 1.165) is 17.7 Å². The van der Waals surface area contributed by atoms with Gasteiger partial charge in [-0.3, -0.25) is 9.59 Å². The summed E-state index contributed by atoms with van der Waals surface area (Å²) in [6.07, 6.45) is 3.71. The van der Waals surface area contributed by atoms with E-state index in [-0.39, 0.29) is 22.8 Å². The van der Waals surface area contributed by atoms with Gasteiger partial charge in [0.05, 0.1) is 11.5 Å². The molecule has 0 saturated carbocycles. The molecule has 2 aromatic carbocycles. The van der Waals surface area contributed by atoms with Crippen molar-refractivity contribution < 1.29 is 22.7 Å². The fourth-order valence-electron chi connectivity index (χ4n) is 6.05. The number of fused-ring (bicyclic) bond motifs is 1. The van der Waals surface area contributed by atoms with Crippen LogP contribution in [0.5, 0.6) is 5.75 Å².